The quantitative estimate of drug-likeness (QED) is 0.805. The molecule has 6 heteroatoms. The lowest BCUT2D eigenvalue weighted by molar-refractivity contribution is 0.0527. The monoisotopic (exact) mass is 292 g/mol. The lowest BCUT2D eigenvalue weighted by atomic mass is 10.0. The van der Waals surface area contributed by atoms with E-state index in [2.05, 4.69) is 22.2 Å². The van der Waals surface area contributed by atoms with Crippen LogP contribution in [0.3, 0.4) is 0 Å². The summed E-state index contributed by atoms with van der Waals surface area (Å²) in [5.41, 5.74) is 6.49. The molecule has 0 amide bonds. The summed E-state index contributed by atoms with van der Waals surface area (Å²) in [5.74, 6) is 0.251. The minimum atomic E-state index is -0.407. The van der Waals surface area contributed by atoms with Crippen LogP contribution in [-0.4, -0.2) is 48.6 Å². The topological polar surface area (TPSA) is 80.5 Å². The second-order valence-electron chi connectivity index (χ2n) is 5.39. The first-order chi connectivity index (χ1) is 10.1. The van der Waals surface area contributed by atoms with Crippen LogP contribution < -0.4 is 11.1 Å². The van der Waals surface area contributed by atoms with Crippen LogP contribution in [-0.2, 0) is 4.74 Å². The molecule has 0 bridgehead atoms. The van der Waals surface area contributed by atoms with Gasteiger partial charge in [-0.2, -0.15) is 0 Å². The summed E-state index contributed by atoms with van der Waals surface area (Å²) in [7, 11) is 2.14. The molecule has 1 aromatic heterocycles. The normalized spacial score (nSPS) is 19.2. The van der Waals surface area contributed by atoms with Gasteiger partial charge in [0.1, 0.15) is 5.82 Å². The minimum absolute atomic E-state index is 0.330. The van der Waals surface area contributed by atoms with Crippen LogP contribution in [0.2, 0.25) is 0 Å². The molecular weight excluding hydrogens is 268 g/mol. The molecule has 1 aliphatic rings. The molecule has 1 fully saturated rings. The van der Waals surface area contributed by atoms with Crippen molar-refractivity contribution in [3.05, 3.63) is 17.8 Å². The Morgan fingerprint density at radius 1 is 1.57 bits per heavy atom. The van der Waals surface area contributed by atoms with E-state index in [4.69, 9.17) is 10.5 Å². The van der Waals surface area contributed by atoms with E-state index in [1.165, 1.54) is 25.5 Å². The number of rotatable bonds is 5. The number of likely N-dealkylation sites (tertiary alicyclic amines) is 1. The molecule has 1 aromatic rings. The van der Waals surface area contributed by atoms with Crippen molar-refractivity contribution in [1.82, 2.24) is 9.88 Å². The zero-order chi connectivity index (χ0) is 15.2. The van der Waals surface area contributed by atoms with Crippen LogP contribution in [0, 0.1) is 0 Å². The van der Waals surface area contributed by atoms with Crippen molar-refractivity contribution in [1.29, 1.82) is 0 Å². The van der Waals surface area contributed by atoms with E-state index >= 15 is 0 Å². The summed E-state index contributed by atoms with van der Waals surface area (Å²) in [4.78, 5) is 18.4. The van der Waals surface area contributed by atoms with Gasteiger partial charge in [-0.3, -0.25) is 0 Å². The second kappa shape index (κ2) is 7.26. The fraction of sp³-hybridized carbons (Fsp3) is 0.600. The van der Waals surface area contributed by atoms with Crippen LogP contribution in [0.4, 0.5) is 11.5 Å². The predicted octanol–water partition coefficient (Wildman–Crippen LogP) is 1.74. The molecule has 116 valence electrons. The molecule has 1 atom stereocenters. The van der Waals surface area contributed by atoms with Gasteiger partial charge in [0, 0.05) is 12.6 Å². The third-order valence-corrected chi connectivity index (χ3v) is 3.87. The molecule has 0 spiro atoms. The first kappa shape index (κ1) is 15.6. The smallest absolute Gasteiger partial charge is 0.340 e. The SMILES string of the molecule is CCOC(=O)c1cc(NCC2CCCCN2C)ncc1N. The number of carbonyl (C=O) groups is 1. The maximum atomic E-state index is 11.8. The zero-order valence-electron chi connectivity index (χ0n) is 12.8. The van der Waals surface area contributed by atoms with E-state index in [0.717, 1.165) is 13.1 Å². The summed E-state index contributed by atoms with van der Waals surface area (Å²) in [6, 6.07) is 2.17. The molecule has 3 N–H and O–H groups in total. The number of anilines is 2. The van der Waals surface area contributed by atoms with Gasteiger partial charge in [-0.25, -0.2) is 9.78 Å². The fourth-order valence-electron chi connectivity index (χ4n) is 2.57. The Balaban J connectivity index is 2.00. The average Bonchev–Trinajstić information content (AvgIpc) is 2.48. The van der Waals surface area contributed by atoms with Crippen molar-refractivity contribution in [3.63, 3.8) is 0 Å². The summed E-state index contributed by atoms with van der Waals surface area (Å²) in [5, 5.41) is 3.29. The first-order valence-corrected chi connectivity index (χ1v) is 7.48. The van der Waals surface area contributed by atoms with Crippen LogP contribution in [0.15, 0.2) is 12.3 Å². The number of nitrogens with zero attached hydrogens (tertiary/aromatic N) is 2. The number of nitrogens with two attached hydrogens (primary N) is 1. The van der Waals surface area contributed by atoms with Crippen molar-refractivity contribution < 1.29 is 9.53 Å². The Hall–Kier alpha value is -1.82. The number of piperidine rings is 1. The van der Waals surface area contributed by atoms with Gasteiger partial charge in [-0.15, -0.1) is 0 Å². The molecule has 21 heavy (non-hydrogen) atoms. The molecule has 1 aliphatic heterocycles. The highest BCUT2D eigenvalue weighted by Gasteiger charge is 2.19. The van der Waals surface area contributed by atoms with Gasteiger partial charge in [0.15, 0.2) is 0 Å². The van der Waals surface area contributed by atoms with Crippen molar-refractivity contribution in [2.45, 2.75) is 32.2 Å². The first-order valence-electron chi connectivity index (χ1n) is 7.48. The maximum absolute atomic E-state index is 11.8. The summed E-state index contributed by atoms with van der Waals surface area (Å²) in [6.45, 7) is 4.05. The van der Waals surface area contributed by atoms with Crippen molar-refractivity contribution >= 4 is 17.5 Å². The zero-order valence-corrected chi connectivity index (χ0v) is 12.8. The number of nitrogen functional groups attached to an aromatic ring is 1. The molecule has 1 saturated heterocycles. The van der Waals surface area contributed by atoms with Gasteiger partial charge < -0.3 is 20.7 Å². The third-order valence-electron chi connectivity index (χ3n) is 3.87. The molecule has 1 unspecified atom stereocenters. The molecule has 2 heterocycles. The van der Waals surface area contributed by atoms with Gasteiger partial charge >= 0.3 is 5.97 Å². The van der Waals surface area contributed by atoms with E-state index in [0.29, 0.717) is 29.7 Å². The Morgan fingerprint density at radius 3 is 3.10 bits per heavy atom. The largest absolute Gasteiger partial charge is 0.462 e. The van der Waals surface area contributed by atoms with Gasteiger partial charge in [-0.05, 0) is 39.4 Å². The number of aromatic nitrogens is 1. The Kier molecular flexibility index (Phi) is 5.38. The number of esters is 1. The van der Waals surface area contributed by atoms with E-state index in [1.807, 2.05) is 0 Å². The fourth-order valence-corrected chi connectivity index (χ4v) is 2.57. The molecule has 0 aliphatic carbocycles. The number of carbonyl (C=O) groups excluding carboxylic acids is 1. The highest BCUT2D eigenvalue weighted by Crippen LogP contribution is 2.18. The Bertz CT molecular complexity index is 493. The number of pyridine rings is 1. The van der Waals surface area contributed by atoms with Crippen LogP contribution >= 0.6 is 0 Å². The maximum Gasteiger partial charge on any atom is 0.340 e. The lowest BCUT2D eigenvalue weighted by Gasteiger charge is -2.32. The number of hydrogen-bond donors (Lipinski definition) is 2. The summed E-state index contributed by atoms with van der Waals surface area (Å²) >= 11 is 0. The molecule has 0 aromatic carbocycles. The van der Waals surface area contributed by atoms with Gasteiger partial charge in [0.25, 0.3) is 0 Å². The van der Waals surface area contributed by atoms with E-state index in [1.54, 1.807) is 13.0 Å². The average molecular weight is 292 g/mol. The second-order valence-corrected chi connectivity index (χ2v) is 5.39. The molecule has 2 rings (SSSR count). The standard InChI is InChI=1S/C15H24N4O2/c1-3-21-15(20)12-8-14(18-10-13(12)16)17-9-11-6-4-5-7-19(11)2/h8,10-11H,3-7,9,16H2,1-2H3,(H,17,18). The van der Waals surface area contributed by atoms with Gasteiger partial charge in [0.2, 0.25) is 0 Å². The molecule has 6 nitrogen and oxygen atoms in total. The van der Waals surface area contributed by atoms with Crippen molar-refractivity contribution in [2.24, 2.45) is 0 Å². The minimum Gasteiger partial charge on any atom is -0.462 e. The van der Waals surface area contributed by atoms with E-state index in [9.17, 15) is 4.79 Å². The molecule has 0 radical (unpaired) electrons. The van der Waals surface area contributed by atoms with Gasteiger partial charge in [-0.1, -0.05) is 6.42 Å². The molecular formula is C15H24N4O2. The van der Waals surface area contributed by atoms with Crippen LogP contribution in [0.25, 0.3) is 0 Å². The summed E-state index contributed by atoms with van der Waals surface area (Å²) in [6.07, 6.45) is 5.21. The summed E-state index contributed by atoms with van der Waals surface area (Å²) < 4.78 is 4.99. The number of likely N-dealkylation sites (N-methyl/N-ethyl adjacent to an activating group) is 1. The third kappa shape index (κ3) is 4.07. The van der Waals surface area contributed by atoms with Crippen LogP contribution in [0.1, 0.15) is 36.5 Å². The van der Waals surface area contributed by atoms with Crippen molar-refractivity contribution in [3.8, 4) is 0 Å². The van der Waals surface area contributed by atoms with E-state index < -0.39 is 5.97 Å². The highest BCUT2D eigenvalue weighted by atomic mass is 16.5. The number of nitrogens with one attached hydrogen (secondary N) is 1. The molecule has 0 saturated carbocycles. The Labute approximate surface area is 125 Å². The number of ether oxygens (including phenoxy) is 1. The van der Waals surface area contributed by atoms with E-state index in [-0.39, 0.29) is 0 Å². The lowest BCUT2D eigenvalue weighted by Crippen LogP contribution is -2.40. The predicted molar refractivity (Wildman–Crippen MR) is 83.4 cm³/mol. The van der Waals surface area contributed by atoms with Crippen LogP contribution in [0.5, 0.6) is 0 Å². The number of hydrogen-bond acceptors (Lipinski definition) is 6. The van der Waals surface area contributed by atoms with Crippen molar-refractivity contribution in [2.75, 3.05) is 37.8 Å². The van der Waals surface area contributed by atoms with Gasteiger partial charge in [0.05, 0.1) is 24.1 Å². The Morgan fingerprint density at radius 2 is 2.38 bits per heavy atom. The highest BCUT2D eigenvalue weighted by molar-refractivity contribution is 5.95.